The van der Waals surface area contributed by atoms with Gasteiger partial charge in [0.25, 0.3) is 0 Å². The maximum absolute atomic E-state index is 10.1. The second-order valence-corrected chi connectivity index (χ2v) is 1.55. The van der Waals surface area contributed by atoms with Crippen LogP contribution in [0.1, 0.15) is 2.85 Å². The van der Waals surface area contributed by atoms with Crippen molar-refractivity contribution in [2.75, 3.05) is 0 Å². The summed E-state index contributed by atoms with van der Waals surface area (Å²) in [5, 5.41) is 0. The fraction of sp³-hybridized carbons (Fsp3) is 0. The Bertz CT molecular complexity index is 87.3. The third-order valence-electron chi connectivity index (χ3n) is 0.0845. The molecule has 0 aliphatic rings. The molecule has 0 N–H and O–H groups in total. The van der Waals surface area contributed by atoms with Gasteiger partial charge in [-0.05, 0) is 4.53 Å². The number of halogens is 1. The van der Waals surface area contributed by atoms with Crippen LogP contribution in [0.15, 0.2) is 0 Å². The van der Waals surface area contributed by atoms with E-state index in [2.05, 4.69) is 0 Å². The molecule has 8 heavy (non-hydrogen) atoms. The first-order valence-corrected chi connectivity index (χ1v) is 2.35. The maximum atomic E-state index is 10.1. The number of rotatable bonds is 1. The molecule has 0 radical (unpaired) electrons. The second kappa shape index (κ2) is 7.88. The molecule has 0 atom stereocenters. The largest absolute Gasteiger partial charge is 2.00 e. The van der Waals surface area contributed by atoms with Crippen molar-refractivity contribution in [2.45, 2.75) is 0 Å². The molecule has 0 aliphatic heterocycles. The molecule has 0 saturated carbocycles. The van der Waals surface area contributed by atoms with E-state index in [1.165, 1.54) is 0 Å². The van der Waals surface area contributed by atoms with Crippen molar-refractivity contribution in [1.29, 1.82) is 0 Å². The number of hydrogen-bond acceptors (Lipinski definition) is 4. The van der Waals surface area contributed by atoms with Crippen LogP contribution in [-0.4, -0.2) is 83.2 Å². The molecule has 0 saturated heterocycles. The van der Waals surface area contributed by atoms with Crippen LogP contribution in [0, 0.1) is 0 Å². The van der Waals surface area contributed by atoms with Gasteiger partial charge in [0.05, 0.1) is 0 Å². The molecule has 0 unspecified atom stereocenters. The van der Waals surface area contributed by atoms with Crippen molar-refractivity contribution in [3.05, 3.63) is 0 Å². The number of hydrogen-bond donors (Lipinski definition) is 0. The third-order valence-corrected chi connectivity index (χ3v) is 0.254. The minimum absolute atomic E-state index is 0. The molecule has 8 heteroatoms. The smallest absolute Gasteiger partial charge is 1.00 e. The topological polar surface area (TPSA) is 72.4 Å². The van der Waals surface area contributed by atoms with Crippen LogP contribution in [0.5, 0.6) is 0 Å². The molecule has 0 aromatic carbocycles. The molecule has 4 nitrogen and oxygen atoms in total. The van der Waals surface area contributed by atoms with Gasteiger partial charge in [-0.3, -0.25) is 0 Å². The summed E-state index contributed by atoms with van der Waals surface area (Å²) < 4.78 is 20.9. The van der Waals surface area contributed by atoms with Gasteiger partial charge >= 0.3 is 83.2 Å². The monoisotopic (exact) mass is 244 g/mol. The molecule has 0 rings (SSSR count). The van der Waals surface area contributed by atoms with Gasteiger partial charge < -0.3 is 17.2 Å². The van der Waals surface area contributed by atoms with Crippen molar-refractivity contribution < 1.29 is 26.5 Å². The van der Waals surface area contributed by atoms with E-state index in [1.54, 1.807) is 0 Å². The Morgan fingerprint density at radius 2 is 1.75 bits per heavy atom. The fourth-order valence-corrected chi connectivity index (χ4v) is 0. The van der Waals surface area contributed by atoms with E-state index in [-0.39, 0.29) is 86.1 Å². The Morgan fingerprint density at radius 3 is 1.75 bits per heavy atom. The van der Waals surface area contributed by atoms with Gasteiger partial charge in [0.15, 0.2) is 0 Å². The average Bonchev–Trinajstić information content (AvgIpc) is 1.35. The van der Waals surface area contributed by atoms with E-state index in [0.29, 0.717) is 0 Å². The zero-order valence-corrected chi connectivity index (χ0v) is 10.5. The fourth-order valence-electron chi connectivity index (χ4n) is 0. The summed E-state index contributed by atoms with van der Waals surface area (Å²) in [6.45, 7) is 0. The van der Waals surface area contributed by atoms with Crippen LogP contribution in [0.25, 0.3) is 0 Å². The average molecular weight is 244 g/mol. The van der Waals surface area contributed by atoms with Crippen LogP contribution in [-0.2, 0) is 9.29 Å². The summed E-state index contributed by atoms with van der Waals surface area (Å²) in [6, 6.07) is 0. The molecule has 0 heterocycles. The van der Waals surface area contributed by atoms with Crippen LogP contribution in [0.2, 0.25) is 0 Å². The molecule has 0 bridgehead atoms. The van der Waals surface area contributed by atoms with Crippen LogP contribution >= 0.6 is 7.82 Å². The zero-order chi connectivity index (χ0) is 5.21. The van der Waals surface area contributed by atoms with Crippen molar-refractivity contribution in [3.8, 4) is 0 Å². The van der Waals surface area contributed by atoms with Gasteiger partial charge in [-0.15, -0.1) is 0 Å². The predicted octanol–water partition coefficient (Wildman–Crippen LogP) is -1.82. The molecule has 0 aliphatic carbocycles. The van der Waals surface area contributed by atoms with Gasteiger partial charge in [-0.1, -0.05) is 0 Å². The Balaban J connectivity index is -0.0000000208. The Labute approximate surface area is 115 Å². The minimum Gasteiger partial charge on any atom is -1.00 e. The molecule has 0 aromatic rings. The van der Waals surface area contributed by atoms with E-state index < -0.39 is 7.82 Å². The molecule has 42 valence electrons. The van der Waals surface area contributed by atoms with Crippen molar-refractivity contribution >= 4 is 91.0 Å². The first kappa shape index (κ1) is 17.0. The van der Waals surface area contributed by atoms with Crippen LogP contribution < -0.4 is 9.79 Å². The van der Waals surface area contributed by atoms with E-state index >= 15 is 0 Å². The Morgan fingerprint density at radius 1 is 1.62 bits per heavy atom. The molecule has 0 fully saturated rings. The van der Waals surface area contributed by atoms with Crippen LogP contribution in [0.3, 0.4) is 0 Å². The SMILES string of the molecule is O=P([O-])([O-])OF.[Ca+2].[H-].[H-].[Sr+2]. The standard InChI is InChI=1S/Ca.FH2O4P.Sr.2H/c;1-5-6(2,3)4;;;/h;(H2,2,3,4);;;/q+2;;+2;2*-1/p-2. The summed E-state index contributed by atoms with van der Waals surface area (Å²) in [5.74, 6) is 0. The molecule has 0 aromatic heterocycles. The summed E-state index contributed by atoms with van der Waals surface area (Å²) in [4.78, 5) is 17.8. The van der Waals surface area contributed by atoms with E-state index in [0.717, 1.165) is 0 Å². The van der Waals surface area contributed by atoms with E-state index in [1.807, 2.05) is 4.73 Å². The summed E-state index contributed by atoms with van der Waals surface area (Å²) in [6.07, 6.45) is 0. The minimum atomic E-state index is -5.31. The van der Waals surface area contributed by atoms with Crippen molar-refractivity contribution in [3.63, 3.8) is 0 Å². The Hall–Kier alpha value is 2.78. The van der Waals surface area contributed by atoms with Gasteiger partial charge in [0, 0.05) is 0 Å². The summed E-state index contributed by atoms with van der Waals surface area (Å²) >= 11 is 0. The Kier molecular flexibility index (Phi) is 16.8. The maximum Gasteiger partial charge on any atom is 2.00 e. The quantitative estimate of drug-likeness (QED) is 0.402. The van der Waals surface area contributed by atoms with Crippen LogP contribution in [0.4, 0.5) is 4.53 Å². The first-order valence-electron chi connectivity index (χ1n) is 0.885. The molecule has 0 spiro atoms. The summed E-state index contributed by atoms with van der Waals surface area (Å²) in [5.41, 5.74) is 0. The van der Waals surface area contributed by atoms with Crippen molar-refractivity contribution in [1.82, 2.24) is 0 Å². The first-order chi connectivity index (χ1) is 2.56. The summed E-state index contributed by atoms with van der Waals surface area (Å²) in [7, 11) is -5.31. The normalized spacial score (nSPS) is 8.88. The molecular formula is H2CaFO4PSr. The third kappa shape index (κ3) is 15.9. The molecular weight excluding hydrogens is 242 g/mol. The second-order valence-electron chi connectivity index (χ2n) is 0.516. The number of phosphoric acid groups is 1. The van der Waals surface area contributed by atoms with Crippen molar-refractivity contribution in [2.24, 2.45) is 0 Å². The molecule has 0 amide bonds. The van der Waals surface area contributed by atoms with Gasteiger partial charge in [-0.25, -0.2) is 0 Å². The van der Waals surface area contributed by atoms with Gasteiger partial charge in [0.1, 0.15) is 7.82 Å². The van der Waals surface area contributed by atoms with Gasteiger partial charge in [-0.2, -0.15) is 4.73 Å². The van der Waals surface area contributed by atoms with E-state index in [4.69, 9.17) is 14.4 Å². The van der Waals surface area contributed by atoms with E-state index in [9.17, 15) is 4.53 Å². The predicted molar refractivity (Wildman–Crippen MR) is 23.5 cm³/mol. The van der Waals surface area contributed by atoms with Gasteiger partial charge in [0.2, 0.25) is 0 Å². The zero-order valence-electron chi connectivity index (χ0n) is 5.87.